The molecule has 0 unspecified atom stereocenters. The summed E-state index contributed by atoms with van der Waals surface area (Å²) in [6, 6.07) is 10.6. The van der Waals surface area contributed by atoms with Crippen LogP contribution in [-0.2, 0) is 26.1 Å². The van der Waals surface area contributed by atoms with E-state index in [4.69, 9.17) is 2.81 Å². The summed E-state index contributed by atoms with van der Waals surface area (Å²) < 4.78 is 124. The number of hydrogen-bond donors (Lipinski definition) is 0. The first kappa shape index (κ1) is 27.0. The third kappa shape index (κ3) is 5.79. The second-order valence-electron chi connectivity index (χ2n) is 7.50. The van der Waals surface area contributed by atoms with Gasteiger partial charge >= 0.3 is 199 Å². The Balaban J connectivity index is 2.31. The van der Waals surface area contributed by atoms with Gasteiger partial charge < -0.3 is 0 Å². The van der Waals surface area contributed by atoms with Crippen molar-refractivity contribution >= 4 is 36.5 Å². The molecule has 0 fully saturated rings. The third-order valence-electron chi connectivity index (χ3n) is 5.15. The molecule has 3 aromatic rings. The van der Waals surface area contributed by atoms with Crippen LogP contribution >= 0.6 is 0 Å². The zero-order valence-electron chi connectivity index (χ0n) is 17.6. The van der Waals surface area contributed by atoms with Gasteiger partial charge in [0.05, 0.1) is 0 Å². The fourth-order valence-corrected chi connectivity index (χ4v) is 17.9. The second kappa shape index (κ2) is 9.45. The summed E-state index contributed by atoms with van der Waals surface area (Å²) in [6.07, 6.45) is -14.1. The van der Waals surface area contributed by atoms with Crippen molar-refractivity contribution in [2.24, 2.45) is 0 Å². The SMILES string of the molecule is CC(=O)[O][BiH]([c]1ccc(C(F)(F)F)cc1)([c]1ccc(C(F)(F)F)cc1)[c]1ccc(C(F)(F)F)cc1. The van der Waals surface area contributed by atoms with Crippen LogP contribution in [0.2, 0.25) is 0 Å². The zero-order chi connectivity index (χ0) is 26.2. The Morgan fingerprint density at radius 2 is 0.771 bits per heavy atom. The van der Waals surface area contributed by atoms with Gasteiger partial charge in [-0.25, -0.2) is 0 Å². The molecule has 0 aliphatic rings. The van der Waals surface area contributed by atoms with E-state index in [9.17, 15) is 44.3 Å². The molecule has 0 saturated carbocycles. The number of halogens is 9. The molecule has 0 aliphatic carbocycles. The van der Waals surface area contributed by atoms with Crippen molar-refractivity contribution in [1.82, 2.24) is 0 Å². The van der Waals surface area contributed by atoms with Crippen molar-refractivity contribution in [1.29, 1.82) is 0 Å². The topological polar surface area (TPSA) is 26.3 Å². The van der Waals surface area contributed by atoms with Crippen LogP contribution in [0.15, 0.2) is 72.8 Å². The molecule has 3 rings (SSSR count). The Morgan fingerprint density at radius 3 is 0.943 bits per heavy atom. The van der Waals surface area contributed by atoms with E-state index in [1.54, 1.807) is 0 Å². The number of rotatable bonds is 4. The van der Waals surface area contributed by atoms with Crippen LogP contribution in [0, 0.1) is 0 Å². The van der Waals surface area contributed by atoms with E-state index in [1.807, 2.05) is 0 Å². The molecule has 0 saturated heterocycles. The molecule has 0 amide bonds. The average molecular weight is 704 g/mol. The summed E-state index contributed by atoms with van der Waals surface area (Å²) in [5.41, 5.74) is -3.07. The first-order chi connectivity index (χ1) is 16.0. The van der Waals surface area contributed by atoms with E-state index < -0.39 is 61.9 Å². The van der Waals surface area contributed by atoms with Crippen LogP contribution in [0.1, 0.15) is 23.6 Å². The van der Waals surface area contributed by atoms with E-state index in [0.717, 1.165) is 79.7 Å². The molecule has 0 aliphatic heterocycles. The molecule has 188 valence electrons. The molecular weight excluding hydrogens is 688 g/mol. The summed E-state index contributed by atoms with van der Waals surface area (Å²) in [7, 11) is 0. The van der Waals surface area contributed by atoms with Gasteiger partial charge in [0.25, 0.3) is 0 Å². The number of benzene rings is 3. The summed E-state index contributed by atoms with van der Waals surface area (Å²) in [6.45, 7) is 1.01. The van der Waals surface area contributed by atoms with Gasteiger partial charge in [0, 0.05) is 0 Å². The third-order valence-corrected chi connectivity index (χ3v) is 20.8. The maximum atomic E-state index is 13.1. The summed E-state index contributed by atoms with van der Waals surface area (Å²) in [4.78, 5) is 12.2. The molecule has 12 heteroatoms. The molecule has 0 aromatic heterocycles. The predicted molar refractivity (Wildman–Crippen MR) is 112 cm³/mol. The quantitative estimate of drug-likeness (QED) is 0.283. The first-order valence-corrected chi connectivity index (χ1v) is 17.2. The van der Waals surface area contributed by atoms with Crippen LogP contribution in [0.4, 0.5) is 39.5 Å². The predicted octanol–water partition coefficient (Wildman–Crippen LogP) is 5.01. The van der Waals surface area contributed by atoms with Gasteiger partial charge in [-0.3, -0.25) is 0 Å². The molecule has 3 aromatic carbocycles. The van der Waals surface area contributed by atoms with Gasteiger partial charge in [0.1, 0.15) is 0 Å². The van der Waals surface area contributed by atoms with Crippen LogP contribution in [-0.4, -0.2) is 26.7 Å². The minimum absolute atomic E-state index is 0.0974. The van der Waals surface area contributed by atoms with Crippen molar-refractivity contribution in [3.63, 3.8) is 0 Å². The van der Waals surface area contributed by atoms with Crippen molar-refractivity contribution in [3.05, 3.63) is 89.5 Å². The summed E-state index contributed by atoms with van der Waals surface area (Å²) in [5.74, 6) is -0.883. The van der Waals surface area contributed by atoms with E-state index in [0.29, 0.717) is 0 Å². The van der Waals surface area contributed by atoms with Crippen LogP contribution in [0.3, 0.4) is 0 Å². The van der Waals surface area contributed by atoms with Crippen LogP contribution < -0.4 is 9.81 Å². The average Bonchev–Trinajstić information content (AvgIpc) is 2.76. The molecular formula is C23H16BiF9O2. The van der Waals surface area contributed by atoms with Crippen molar-refractivity contribution < 1.29 is 47.1 Å². The monoisotopic (exact) mass is 704 g/mol. The second-order valence-corrected chi connectivity index (χ2v) is 20.3. The first-order valence-electron chi connectivity index (χ1n) is 9.78. The molecule has 0 radical (unpaired) electrons. The zero-order valence-corrected chi connectivity index (χ0v) is 21.5. The minimum atomic E-state index is -5.41. The van der Waals surface area contributed by atoms with Gasteiger partial charge in [-0.15, -0.1) is 0 Å². The molecule has 2 nitrogen and oxygen atoms in total. The fourth-order valence-electron chi connectivity index (χ4n) is 3.57. The van der Waals surface area contributed by atoms with E-state index >= 15 is 0 Å². The Hall–Kier alpha value is -2.62. The Bertz CT molecular complexity index is 1040. The van der Waals surface area contributed by atoms with Crippen molar-refractivity contribution in [3.8, 4) is 0 Å². The van der Waals surface area contributed by atoms with Gasteiger partial charge in [-0.1, -0.05) is 0 Å². The molecule has 0 spiro atoms. The molecule has 35 heavy (non-hydrogen) atoms. The number of hydrogen-bond acceptors (Lipinski definition) is 2. The fraction of sp³-hybridized carbons (Fsp3) is 0.174. The number of alkyl halides is 9. The van der Waals surface area contributed by atoms with E-state index in [2.05, 4.69) is 0 Å². The summed E-state index contributed by atoms with van der Waals surface area (Å²) in [5, 5.41) is 0. The van der Waals surface area contributed by atoms with Crippen molar-refractivity contribution in [2.75, 3.05) is 0 Å². The number of carbonyl (C=O) groups is 1. The number of carbonyl (C=O) groups excluding carboxylic acids is 1. The van der Waals surface area contributed by atoms with Gasteiger partial charge in [-0.05, 0) is 0 Å². The van der Waals surface area contributed by atoms with E-state index in [-0.39, 0.29) is 9.81 Å². The Labute approximate surface area is 198 Å². The Kier molecular flexibility index (Phi) is 7.28. The van der Waals surface area contributed by atoms with Crippen LogP contribution in [0.25, 0.3) is 0 Å². The van der Waals surface area contributed by atoms with Gasteiger partial charge in [0.15, 0.2) is 0 Å². The van der Waals surface area contributed by atoms with Crippen molar-refractivity contribution in [2.45, 2.75) is 25.5 Å². The van der Waals surface area contributed by atoms with Gasteiger partial charge in [0.2, 0.25) is 0 Å². The standard InChI is InChI=1S/3C7H4F3.C2H4O2.Bi.H/c3*8-7(9,10)6-4-2-1-3-5-6;1-2(3)4;;/h3*2-5H;1H3,(H,3,4);;/q;;;;+1;/p-1. The van der Waals surface area contributed by atoms with Gasteiger partial charge in [-0.2, -0.15) is 0 Å². The normalized spacial score (nSPS) is 13.4. The van der Waals surface area contributed by atoms with Crippen LogP contribution in [0.5, 0.6) is 0 Å². The maximum absolute atomic E-state index is 13.1. The molecule has 0 atom stereocenters. The molecule has 0 bridgehead atoms. The Morgan fingerprint density at radius 1 is 0.543 bits per heavy atom. The molecule has 0 heterocycles. The molecule has 0 N–H and O–H groups in total. The van der Waals surface area contributed by atoms with E-state index in [1.165, 1.54) is 0 Å². The summed E-state index contributed by atoms with van der Waals surface area (Å²) >= 11 is -5.41.